The maximum Gasteiger partial charge on any atom is 0.203 e. The molecular weight excluding hydrogens is 356 g/mol. The topological polar surface area (TPSA) is 67.4 Å². The summed E-state index contributed by atoms with van der Waals surface area (Å²) in [4.78, 5) is 7.28. The molecule has 1 heterocycles. The minimum atomic E-state index is 0.526. The van der Waals surface area contributed by atoms with Crippen LogP contribution in [0.2, 0.25) is 0 Å². The zero-order valence-corrected chi connectivity index (χ0v) is 18.0. The van der Waals surface area contributed by atoms with Crippen molar-refractivity contribution in [3.05, 3.63) is 17.7 Å². The molecule has 0 spiro atoms. The van der Waals surface area contributed by atoms with Crippen LogP contribution in [0, 0.1) is 5.92 Å². The number of benzene rings is 1. The first-order valence-corrected chi connectivity index (χ1v) is 10.2. The normalized spacial score (nSPS) is 17.5. The van der Waals surface area contributed by atoms with E-state index in [0.29, 0.717) is 29.7 Å². The predicted octanol–water partition coefficient (Wildman–Crippen LogP) is 2.50. The lowest BCUT2D eigenvalue weighted by Gasteiger charge is -2.17. The number of nitrogens with one attached hydrogen (secondary N) is 2. The maximum atomic E-state index is 5.43. The lowest BCUT2D eigenvalue weighted by molar-refractivity contribution is 0.324. The van der Waals surface area contributed by atoms with Crippen molar-refractivity contribution in [2.24, 2.45) is 10.9 Å². The number of hydrogen-bond donors (Lipinski definition) is 2. The largest absolute Gasteiger partial charge is 0.493 e. The van der Waals surface area contributed by atoms with Crippen molar-refractivity contribution in [3.8, 4) is 17.2 Å². The van der Waals surface area contributed by atoms with Crippen LogP contribution < -0.4 is 24.8 Å². The lowest BCUT2D eigenvalue weighted by atomic mass is 10.1. The van der Waals surface area contributed by atoms with Gasteiger partial charge in [-0.1, -0.05) is 6.92 Å². The maximum absolute atomic E-state index is 5.43. The van der Waals surface area contributed by atoms with Crippen molar-refractivity contribution in [1.82, 2.24) is 15.5 Å². The molecule has 0 aromatic heterocycles. The number of nitrogens with zero attached hydrogens (tertiary/aromatic N) is 2. The van der Waals surface area contributed by atoms with Gasteiger partial charge in [-0.3, -0.25) is 0 Å². The fourth-order valence-electron chi connectivity index (χ4n) is 3.58. The molecule has 2 rings (SSSR count). The average molecular weight is 393 g/mol. The summed E-state index contributed by atoms with van der Waals surface area (Å²) in [5.74, 6) is 3.40. The standard InChI is InChI=1S/C21H36N4O3/c1-6-9-25-10-8-16(15-25)13-23-21(22-7-2)24-14-17-11-18(26-3)20(28-5)19(12-17)27-4/h11-12,16H,6-10,13-15H2,1-5H3,(H2,22,23,24). The molecule has 1 atom stereocenters. The van der Waals surface area contributed by atoms with Crippen LogP contribution in [0.1, 0.15) is 32.3 Å². The Bertz CT molecular complexity index is 611. The minimum absolute atomic E-state index is 0.526. The molecule has 1 aliphatic heterocycles. The third kappa shape index (κ3) is 6.19. The summed E-state index contributed by atoms with van der Waals surface area (Å²) in [6.45, 7) is 10.2. The number of guanidine groups is 1. The summed E-state index contributed by atoms with van der Waals surface area (Å²) in [7, 11) is 4.86. The Labute approximate surface area is 169 Å². The molecule has 0 radical (unpaired) electrons. The van der Waals surface area contributed by atoms with Gasteiger partial charge in [0.05, 0.1) is 27.9 Å². The average Bonchev–Trinajstić information content (AvgIpc) is 3.16. The van der Waals surface area contributed by atoms with Crippen molar-refractivity contribution >= 4 is 5.96 Å². The Balaban J connectivity index is 2.00. The van der Waals surface area contributed by atoms with Crippen LogP contribution in [0.3, 0.4) is 0 Å². The molecule has 0 bridgehead atoms. The third-order valence-corrected chi connectivity index (χ3v) is 4.96. The highest BCUT2D eigenvalue weighted by molar-refractivity contribution is 5.79. The fourth-order valence-corrected chi connectivity index (χ4v) is 3.58. The van der Waals surface area contributed by atoms with Crippen LogP contribution in [0.4, 0.5) is 0 Å². The quantitative estimate of drug-likeness (QED) is 0.471. The molecule has 7 heteroatoms. The summed E-state index contributed by atoms with van der Waals surface area (Å²) in [6, 6.07) is 3.88. The second kappa shape index (κ2) is 11.6. The monoisotopic (exact) mass is 392 g/mol. The summed E-state index contributed by atoms with van der Waals surface area (Å²) >= 11 is 0. The molecule has 158 valence electrons. The molecule has 28 heavy (non-hydrogen) atoms. The van der Waals surface area contributed by atoms with Gasteiger partial charge in [-0.2, -0.15) is 0 Å². The van der Waals surface area contributed by atoms with E-state index in [1.807, 2.05) is 12.1 Å². The zero-order chi connectivity index (χ0) is 20.4. The van der Waals surface area contributed by atoms with Crippen molar-refractivity contribution in [2.75, 3.05) is 54.1 Å². The summed E-state index contributed by atoms with van der Waals surface area (Å²) in [6.07, 6.45) is 2.47. The van der Waals surface area contributed by atoms with E-state index in [-0.39, 0.29) is 0 Å². The van der Waals surface area contributed by atoms with Crippen molar-refractivity contribution in [3.63, 3.8) is 0 Å². The molecule has 1 fully saturated rings. The minimum Gasteiger partial charge on any atom is -0.493 e. The van der Waals surface area contributed by atoms with Gasteiger partial charge in [0.25, 0.3) is 0 Å². The molecule has 1 aromatic carbocycles. The third-order valence-electron chi connectivity index (χ3n) is 4.96. The van der Waals surface area contributed by atoms with Crippen molar-refractivity contribution in [1.29, 1.82) is 0 Å². The SMILES string of the molecule is CCCN1CCC(CNC(=NCc2cc(OC)c(OC)c(OC)c2)NCC)C1. The molecule has 1 aromatic rings. The van der Waals surface area contributed by atoms with Gasteiger partial charge in [-0.15, -0.1) is 0 Å². The van der Waals surface area contributed by atoms with E-state index in [0.717, 1.165) is 24.6 Å². The van der Waals surface area contributed by atoms with Crippen LogP contribution in [0.25, 0.3) is 0 Å². The van der Waals surface area contributed by atoms with E-state index < -0.39 is 0 Å². The predicted molar refractivity (Wildman–Crippen MR) is 114 cm³/mol. The van der Waals surface area contributed by atoms with Gasteiger partial charge in [0.15, 0.2) is 17.5 Å². The number of methoxy groups -OCH3 is 3. The van der Waals surface area contributed by atoms with Gasteiger partial charge < -0.3 is 29.7 Å². The van der Waals surface area contributed by atoms with Gasteiger partial charge >= 0.3 is 0 Å². The number of ether oxygens (including phenoxy) is 3. The smallest absolute Gasteiger partial charge is 0.203 e. The van der Waals surface area contributed by atoms with Crippen LogP contribution in [0.5, 0.6) is 17.2 Å². The van der Waals surface area contributed by atoms with Gasteiger partial charge in [0.2, 0.25) is 5.75 Å². The molecule has 7 nitrogen and oxygen atoms in total. The van der Waals surface area contributed by atoms with E-state index >= 15 is 0 Å². The first-order valence-electron chi connectivity index (χ1n) is 10.2. The van der Waals surface area contributed by atoms with Crippen molar-refractivity contribution < 1.29 is 14.2 Å². The molecule has 1 unspecified atom stereocenters. The van der Waals surface area contributed by atoms with E-state index in [9.17, 15) is 0 Å². The summed E-state index contributed by atoms with van der Waals surface area (Å²) in [5, 5.41) is 6.83. The Morgan fingerprint density at radius 2 is 1.82 bits per heavy atom. The molecule has 0 amide bonds. The summed E-state index contributed by atoms with van der Waals surface area (Å²) in [5.41, 5.74) is 1.00. The highest BCUT2D eigenvalue weighted by atomic mass is 16.5. The first-order chi connectivity index (χ1) is 13.6. The van der Waals surface area contributed by atoms with Crippen LogP contribution in [-0.4, -0.2) is 64.9 Å². The van der Waals surface area contributed by atoms with Crippen LogP contribution in [-0.2, 0) is 6.54 Å². The molecule has 1 saturated heterocycles. The second-order valence-corrected chi connectivity index (χ2v) is 7.06. The van der Waals surface area contributed by atoms with Crippen LogP contribution >= 0.6 is 0 Å². The van der Waals surface area contributed by atoms with Crippen LogP contribution in [0.15, 0.2) is 17.1 Å². The zero-order valence-electron chi connectivity index (χ0n) is 18.0. The molecule has 0 aliphatic carbocycles. The fraction of sp³-hybridized carbons (Fsp3) is 0.667. The summed E-state index contributed by atoms with van der Waals surface area (Å²) < 4.78 is 16.2. The van der Waals surface area contributed by atoms with Gasteiger partial charge in [0, 0.05) is 19.6 Å². The van der Waals surface area contributed by atoms with Gasteiger partial charge in [-0.25, -0.2) is 4.99 Å². The Kier molecular flexibility index (Phi) is 9.20. The highest BCUT2D eigenvalue weighted by Crippen LogP contribution is 2.38. The van der Waals surface area contributed by atoms with Gasteiger partial charge in [0.1, 0.15) is 0 Å². The highest BCUT2D eigenvalue weighted by Gasteiger charge is 2.21. The van der Waals surface area contributed by atoms with Gasteiger partial charge in [-0.05, 0) is 56.5 Å². The molecule has 2 N–H and O–H groups in total. The van der Waals surface area contributed by atoms with E-state index in [4.69, 9.17) is 19.2 Å². The number of aliphatic imine (C=N–C) groups is 1. The Morgan fingerprint density at radius 3 is 2.39 bits per heavy atom. The van der Waals surface area contributed by atoms with E-state index in [2.05, 4.69) is 29.4 Å². The molecule has 0 saturated carbocycles. The molecular formula is C21H36N4O3. The Hall–Kier alpha value is -2.15. The van der Waals surface area contributed by atoms with E-state index in [1.165, 1.54) is 32.5 Å². The number of rotatable bonds is 10. The van der Waals surface area contributed by atoms with E-state index in [1.54, 1.807) is 21.3 Å². The van der Waals surface area contributed by atoms with Crippen molar-refractivity contribution in [2.45, 2.75) is 33.2 Å². The number of hydrogen-bond acceptors (Lipinski definition) is 5. The lowest BCUT2D eigenvalue weighted by Crippen LogP contribution is -2.40. The second-order valence-electron chi connectivity index (χ2n) is 7.06. The number of likely N-dealkylation sites (tertiary alicyclic amines) is 1. The first kappa shape index (κ1) is 22.1. The molecule has 1 aliphatic rings. The Morgan fingerprint density at radius 1 is 1.11 bits per heavy atom.